The Hall–Kier alpha value is -1.15. The fourth-order valence-electron chi connectivity index (χ4n) is 2.93. The van der Waals surface area contributed by atoms with Crippen LogP contribution >= 0.6 is 0 Å². The predicted molar refractivity (Wildman–Crippen MR) is 69.9 cm³/mol. The minimum absolute atomic E-state index is 0.367. The van der Waals surface area contributed by atoms with E-state index in [1.165, 1.54) is 0 Å². The molecule has 1 aromatic carbocycles. The highest BCUT2D eigenvalue weighted by Crippen LogP contribution is 2.38. The summed E-state index contributed by atoms with van der Waals surface area (Å²) in [5, 5.41) is 0. The highest BCUT2D eigenvalue weighted by atomic mass is 16.1. The molecule has 0 spiro atoms. The molecular formula is C15H21NO. The lowest BCUT2D eigenvalue weighted by Crippen LogP contribution is -2.51. The first kappa shape index (κ1) is 12.3. The first-order chi connectivity index (χ1) is 8.21. The molecule has 1 aromatic rings. The SMILES string of the molecule is CCN(C)[C@]1(c2ccccc2)CCCCC1=O. The van der Waals surface area contributed by atoms with Crippen molar-refractivity contribution in [2.24, 2.45) is 0 Å². The number of rotatable bonds is 3. The van der Waals surface area contributed by atoms with Gasteiger partial charge in [0.15, 0.2) is 5.78 Å². The molecule has 2 nitrogen and oxygen atoms in total. The molecule has 0 unspecified atom stereocenters. The van der Waals surface area contributed by atoms with E-state index in [9.17, 15) is 4.79 Å². The molecular weight excluding hydrogens is 210 g/mol. The second kappa shape index (κ2) is 5.01. The number of ketones is 1. The van der Waals surface area contributed by atoms with Gasteiger partial charge in [-0.3, -0.25) is 9.69 Å². The Labute approximate surface area is 104 Å². The third-order valence-electron chi connectivity index (χ3n) is 4.03. The molecule has 0 bridgehead atoms. The third kappa shape index (κ3) is 2.02. The maximum atomic E-state index is 12.5. The number of likely N-dealkylation sites (N-methyl/N-ethyl adjacent to an activating group) is 1. The monoisotopic (exact) mass is 231 g/mol. The molecule has 0 heterocycles. The van der Waals surface area contributed by atoms with Gasteiger partial charge in [-0.05, 0) is 32.0 Å². The van der Waals surface area contributed by atoms with Gasteiger partial charge in [0, 0.05) is 6.42 Å². The summed E-state index contributed by atoms with van der Waals surface area (Å²) in [6.07, 6.45) is 3.87. The molecule has 17 heavy (non-hydrogen) atoms. The lowest BCUT2D eigenvalue weighted by Gasteiger charge is -2.43. The zero-order chi connectivity index (χ0) is 12.3. The van der Waals surface area contributed by atoms with E-state index in [4.69, 9.17) is 0 Å². The van der Waals surface area contributed by atoms with E-state index in [0.717, 1.165) is 37.8 Å². The van der Waals surface area contributed by atoms with Crippen molar-refractivity contribution in [2.45, 2.75) is 38.1 Å². The average Bonchev–Trinajstić information content (AvgIpc) is 2.39. The highest BCUT2D eigenvalue weighted by molar-refractivity contribution is 5.90. The van der Waals surface area contributed by atoms with Gasteiger partial charge in [-0.2, -0.15) is 0 Å². The molecule has 2 heteroatoms. The Kier molecular flexibility index (Phi) is 3.63. The van der Waals surface area contributed by atoms with E-state index < -0.39 is 0 Å². The number of carbonyl (C=O) groups excluding carboxylic acids is 1. The molecule has 1 fully saturated rings. The predicted octanol–water partition coefficient (Wildman–Crippen LogP) is 2.98. The largest absolute Gasteiger partial charge is 0.297 e. The molecule has 1 aliphatic carbocycles. The molecule has 0 N–H and O–H groups in total. The molecule has 0 aromatic heterocycles. The van der Waals surface area contributed by atoms with Crippen LogP contribution in [-0.4, -0.2) is 24.3 Å². The van der Waals surface area contributed by atoms with Crippen molar-refractivity contribution in [3.05, 3.63) is 35.9 Å². The number of Topliss-reactive ketones (excluding diaryl/α,β-unsaturated/α-hetero) is 1. The fourth-order valence-corrected chi connectivity index (χ4v) is 2.93. The summed E-state index contributed by atoms with van der Waals surface area (Å²) in [7, 11) is 2.07. The van der Waals surface area contributed by atoms with Crippen LogP contribution in [0.3, 0.4) is 0 Å². The van der Waals surface area contributed by atoms with Crippen molar-refractivity contribution in [3.63, 3.8) is 0 Å². The van der Waals surface area contributed by atoms with Gasteiger partial charge >= 0.3 is 0 Å². The zero-order valence-corrected chi connectivity index (χ0v) is 10.8. The van der Waals surface area contributed by atoms with Crippen molar-refractivity contribution in [1.82, 2.24) is 4.90 Å². The zero-order valence-electron chi connectivity index (χ0n) is 10.8. The quantitative estimate of drug-likeness (QED) is 0.797. The second-order valence-corrected chi connectivity index (χ2v) is 4.87. The standard InChI is InChI=1S/C15H21NO/c1-3-16(2)15(12-8-7-11-14(15)17)13-9-5-4-6-10-13/h4-6,9-10H,3,7-8,11-12H2,1-2H3/t15-/m0/s1. The third-order valence-corrected chi connectivity index (χ3v) is 4.03. The van der Waals surface area contributed by atoms with Gasteiger partial charge < -0.3 is 0 Å². The van der Waals surface area contributed by atoms with Gasteiger partial charge in [-0.25, -0.2) is 0 Å². The number of carbonyl (C=O) groups is 1. The molecule has 2 rings (SSSR count). The fraction of sp³-hybridized carbons (Fsp3) is 0.533. The van der Waals surface area contributed by atoms with Crippen molar-refractivity contribution >= 4 is 5.78 Å². The molecule has 0 amide bonds. The topological polar surface area (TPSA) is 20.3 Å². The summed E-state index contributed by atoms with van der Waals surface area (Å²) in [6.45, 7) is 3.02. The van der Waals surface area contributed by atoms with Crippen LogP contribution in [0.1, 0.15) is 38.2 Å². The first-order valence-electron chi connectivity index (χ1n) is 6.52. The molecule has 0 saturated heterocycles. The number of nitrogens with zero attached hydrogens (tertiary/aromatic N) is 1. The van der Waals surface area contributed by atoms with Gasteiger partial charge in [-0.1, -0.05) is 43.7 Å². The van der Waals surface area contributed by atoms with Crippen LogP contribution in [0.5, 0.6) is 0 Å². The van der Waals surface area contributed by atoms with Gasteiger partial charge in [0.2, 0.25) is 0 Å². The van der Waals surface area contributed by atoms with E-state index in [2.05, 4.69) is 31.0 Å². The van der Waals surface area contributed by atoms with E-state index in [0.29, 0.717) is 5.78 Å². The summed E-state index contributed by atoms with van der Waals surface area (Å²) in [5.41, 5.74) is 0.794. The summed E-state index contributed by atoms with van der Waals surface area (Å²) in [4.78, 5) is 14.7. The number of hydrogen-bond acceptors (Lipinski definition) is 2. The highest BCUT2D eigenvalue weighted by Gasteiger charge is 2.43. The summed E-state index contributed by atoms with van der Waals surface area (Å²) in [5.74, 6) is 0.388. The van der Waals surface area contributed by atoms with E-state index in [-0.39, 0.29) is 5.54 Å². The van der Waals surface area contributed by atoms with Crippen LogP contribution in [0.15, 0.2) is 30.3 Å². The van der Waals surface area contributed by atoms with Gasteiger partial charge in [-0.15, -0.1) is 0 Å². The minimum atomic E-state index is -0.367. The Morgan fingerprint density at radius 2 is 1.94 bits per heavy atom. The normalized spacial score (nSPS) is 25.2. The van der Waals surface area contributed by atoms with Crippen molar-refractivity contribution < 1.29 is 4.79 Å². The smallest absolute Gasteiger partial charge is 0.157 e. The summed E-state index contributed by atoms with van der Waals surface area (Å²) >= 11 is 0. The summed E-state index contributed by atoms with van der Waals surface area (Å²) < 4.78 is 0. The van der Waals surface area contributed by atoms with Crippen LogP contribution in [0.25, 0.3) is 0 Å². The number of benzene rings is 1. The maximum absolute atomic E-state index is 12.5. The lowest BCUT2D eigenvalue weighted by atomic mass is 9.74. The van der Waals surface area contributed by atoms with Crippen LogP contribution in [-0.2, 0) is 10.3 Å². The molecule has 1 saturated carbocycles. The first-order valence-corrected chi connectivity index (χ1v) is 6.52. The van der Waals surface area contributed by atoms with E-state index in [1.807, 2.05) is 18.2 Å². The van der Waals surface area contributed by atoms with Gasteiger partial charge in [0.25, 0.3) is 0 Å². The van der Waals surface area contributed by atoms with E-state index >= 15 is 0 Å². The molecule has 1 aliphatic rings. The van der Waals surface area contributed by atoms with E-state index in [1.54, 1.807) is 0 Å². The Balaban J connectivity index is 2.46. The average molecular weight is 231 g/mol. The maximum Gasteiger partial charge on any atom is 0.157 e. The van der Waals surface area contributed by atoms with Crippen LogP contribution in [0.2, 0.25) is 0 Å². The van der Waals surface area contributed by atoms with Gasteiger partial charge in [0.1, 0.15) is 5.54 Å². The Morgan fingerprint density at radius 3 is 2.53 bits per heavy atom. The van der Waals surface area contributed by atoms with Crippen LogP contribution < -0.4 is 0 Å². The number of hydrogen-bond donors (Lipinski definition) is 0. The summed E-state index contributed by atoms with van der Waals surface area (Å²) in [6, 6.07) is 10.3. The van der Waals surface area contributed by atoms with Crippen LogP contribution in [0.4, 0.5) is 0 Å². The Morgan fingerprint density at radius 1 is 1.24 bits per heavy atom. The van der Waals surface area contributed by atoms with Gasteiger partial charge in [0.05, 0.1) is 0 Å². The van der Waals surface area contributed by atoms with Crippen molar-refractivity contribution in [2.75, 3.05) is 13.6 Å². The lowest BCUT2D eigenvalue weighted by molar-refractivity contribution is -0.134. The van der Waals surface area contributed by atoms with Crippen molar-refractivity contribution in [3.8, 4) is 0 Å². The van der Waals surface area contributed by atoms with Crippen molar-refractivity contribution in [1.29, 1.82) is 0 Å². The Bertz CT molecular complexity index is 387. The molecule has 0 radical (unpaired) electrons. The minimum Gasteiger partial charge on any atom is -0.297 e. The second-order valence-electron chi connectivity index (χ2n) is 4.87. The van der Waals surface area contributed by atoms with Crippen LogP contribution in [0, 0.1) is 0 Å². The molecule has 0 aliphatic heterocycles. The molecule has 1 atom stereocenters. The molecule has 92 valence electrons.